The zero-order valence-electron chi connectivity index (χ0n) is 15.0. The summed E-state index contributed by atoms with van der Waals surface area (Å²) in [5, 5.41) is 0. The molecule has 0 bridgehead atoms. The first-order valence-corrected chi connectivity index (χ1v) is 8.60. The van der Waals surface area contributed by atoms with E-state index in [1.54, 1.807) is 13.1 Å². The minimum atomic E-state index is 0. The van der Waals surface area contributed by atoms with E-state index in [2.05, 4.69) is 52.2 Å². The Balaban J connectivity index is 0.00000121. The normalized spacial score (nSPS) is 24.5. The lowest BCUT2D eigenvalue weighted by atomic mass is 9.90. The van der Waals surface area contributed by atoms with E-state index in [9.17, 15) is 4.79 Å². The van der Waals surface area contributed by atoms with Gasteiger partial charge in [-0.15, -0.1) is 24.8 Å². The van der Waals surface area contributed by atoms with Crippen LogP contribution in [-0.2, 0) is 0 Å². The molecule has 2 saturated heterocycles. The molecule has 6 heteroatoms. The van der Waals surface area contributed by atoms with Crippen LogP contribution in [0.1, 0.15) is 28.9 Å². The minimum Gasteiger partial charge on any atom is -0.356 e. The summed E-state index contributed by atoms with van der Waals surface area (Å²) < 4.78 is 0. The van der Waals surface area contributed by atoms with Crippen molar-refractivity contribution in [2.45, 2.75) is 13.0 Å². The van der Waals surface area contributed by atoms with E-state index in [0.29, 0.717) is 23.4 Å². The summed E-state index contributed by atoms with van der Waals surface area (Å²) in [6, 6.07) is 15.2. The molecule has 3 heterocycles. The summed E-state index contributed by atoms with van der Waals surface area (Å²) in [6.07, 6.45) is 1.70. The summed E-state index contributed by atoms with van der Waals surface area (Å²) in [4.78, 5) is 20.8. The number of fused-ring (bicyclic) bond motifs is 1. The van der Waals surface area contributed by atoms with Crippen molar-refractivity contribution in [2.75, 3.05) is 31.6 Å². The maximum absolute atomic E-state index is 11.4. The number of aromatic nitrogens is 1. The summed E-state index contributed by atoms with van der Waals surface area (Å²) in [7, 11) is 2.24. The summed E-state index contributed by atoms with van der Waals surface area (Å²) in [5.74, 6) is 2.36. The van der Waals surface area contributed by atoms with E-state index in [1.165, 1.54) is 5.56 Å². The van der Waals surface area contributed by atoms with Gasteiger partial charge in [0.15, 0.2) is 5.78 Å². The Hall–Kier alpha value is -1.62. The van der Waals surface area contributed by atoms with Crippen LogP contribution in [-0.4, -0.2) is 42.3 Å². The standard InChI is InChI=1S/C20H23N3O.2ClH/c1-14(24)16-8-9-19(21-10-16)23-12-17-11-22(2)20(18(17)13-23)15-6-4-3-5-7-15;;/h3-10,17-18,20H,11-13H2,1-2H3;2*1H/t17-,18+,20-;;/m0../s1. The Bertz CT molecular complexity index is 738. The molecule has 2 aliphatic rings. The number of benzene rings is 1. The van der Waals surface area contributed by atoms with Gasteiger partial charge in [-0.3, -0.25) is 9.69 Å². The van der Waals surface area contributed by atoms with Crippen molar-refractivity contribution in [2.24, 2.45) is 11.8 Å². The predicted molar refractivity (Wildman–Crippen MR) is 110 cm³/mol. The zero-order valence-corrected chi connectivity index (χ0v) is 16.7. The van der Waals surface area contributed by atoms with Gasteiger partial charge in [0.2, 0.25) is 0 Å². The second kappa shape index (κ2) is 8.38. The zero-order chi connectivity index (χ0) is 16.7. The highest BCUT2D eigenvalue weighted by Crippen LogP contribution is 2.44. The van der Waals surface area contributed by atoms with Crippen LogP contribution in [0.3, 0.4) is 0 Å². The van der Waals surface area contributed by atoms with Gasteiger partial charge >= 0.3 is 0 Å². The van der Waals surface area contributed by atoms with Crippen LogP contribution in [0, 0.1) is 11.8 Å². The van der Waals surface area contributed by atoms with Gasteiger partial charge in [-0.05, 0) is 37.6 Å². The number of anilines is 1. The van der Waals surface area contributed by atoms with Gasteiger partial charge in [-0.25, -0.2) is 4.98 Å². The topological polar surface area (TPSA) is 36.4 Å². The number of Topliss-reactive ketones (excluding diaryl/α,β-unsaturated/α-hetero) is 1. The van der Waals surface area contributed by atoms with Crippen LogP contribution in [0.15, 0.2) is 48.7 Å². The van der Waals surface area contributed by atoms with Crippen LogP contribution in [0.5, 0.6) is 0 Å². The first-order valence-electron chi connectivity index (χ1n) is 8.60. The number of carbonyl (C=O) groups is 1. The summed E-state index contributed by atoms with van der Waals surface area (Å²) in [5.41, 5.74) is 2.09. The highest BCUT2D eigenvalue weighted by molar-refractivity contribution is 5.93. The van der Waals surface area contributed by atoms with Gasteiger partial charge < -0.3 is 4.90 Å². The average molecular weight is 394 g/mol. The molecule has 0 spiro atoms. The Labute approximate surface area is 167 Å². The number of hydrogen-bond acceptors (Lipinski definition) is 4. The Morgan fingerprint density at radius 2 is 1.77 bits per heavy atom. The third-order valence-corrected chi connectivity index (χ3v) is 5.51. The quantitative estimate of drug-likeness (QED) is 0.741. The third-order valence-electron chi connectivity index (χ3n) is 5.51. The maximum atomic E-state index is 11.4. The molecular weight excluding hydrogens is 369 g/mol. The van der Waals surface area contributed by atoms with Crippen molar-refractivity contribution < 1.29 is 4.79 Å². The molecule has 2 aliphatic heterocycles. The first-order chi connectivity index (χ1) is 11.6. The smallest absolute Gasteiger partial charge is 0.161 e. The number of likely N-dealkylation sites (tertiary alicyclic amines) is 1. The molecule has 2 aromatic rings. The number of ketones is 1. The molecule has 26 heavy (non-hydrogen) atoms. The highest BCUT2D eigenvalue weighted by atomic mass is 35.5. The molecule has 1 aromatic heterocycles. The predicted octanol–water partition coefficient (Wildman–Crippen LogP) is 3.87. The molecule has 0 radical (unpaired) electrons. The number of hydrogen-bond donors (Lipinski definition) is 0. The van der Waals surface area contributed by atoms with Crippen LogP contribution in [0.4, 0.5) is 5.82 Å². The van der Waals surface area contributed by atoms with Gasteiger partial charge in [-0.1, -0.05) is 30.3 Å². The largest absolute Gasteiger partial charge is 0.356 e. The van der Waals surface area contributed by atoms with Crippen molar-refractivity contribution in [3.05, 3.63) is 59.8 Å². The fourth-order valence-electron chi connectivity index (χ4n) is 4.38. The van der Waals surface area contributed by atoms with Crippen molar-refractivity contribution in [1.29, 1.82) is 0 Å². The molecule has 3 atom stereocenters. The number of halogens is 2. The Kier molecular flexibility index (Phi) is 6.67. The molecule has 4 rings (SSSR count). The van der Waals surface area contributed by atoms with E-state index in [1.807, 2.05) is 12.1 Å². The van der Waals surface area contributed by atoms with Crippen molar-refractivity contribution in [3.63, 3.8) is 0 Å². The van der Waals surface area contributed by atoms with E-state index >= 15 is 0 Å². The van der Waals surface area contributed by atoms with Crippen LogP contribution in [0.2, 0.25) is 0 Å². The van der Waals surface area contributed by atoms with Crippen LogP contribution < -0.4 is 4.90 Å². The summed E-state index contributed by atoms with van der Waals surface area (Å²) >= 11 is 0. The molecule has 4 nitrogen and oxygen atoms in total. The van der Waals surface area contributed by atoms with Crippen LogP contribution in [0.25, 0.3) is 0 Å². The lowest BCUT2D eigenvalue weighted by Gasteiger charge is -2.27. The number of rotatable bonds is 3. The Morgan fingerprint density at radius 3 is 2.38 bits per heavy atom. The van der Waals surface area contributed by atoms with Crippen LogP contribution >= 0.6 is 24.8 Å². The minimum absolute atomic E-state index is 0. The molecule has 2 fully saturated rings. The van der Waals surface area contributed by atoms with Gasteiger partial charge in [0.1, 0.15) is 5.82 Å². The molecule has 0 unspecified atom stereocenters. The fourth-order valence-corrected chi connectivity index (χ4v) is 4.38. The maximum Gasteiger partial charge on any atom is 0.161 e. The summed E-state index contributed by atoms with van der Waals surface area (Å²) in [6.45, 7) is 4.79. The van der Waals surface area contributed by atoms with E-state index in [0.717, 1.165) is 25.5 Å². The van der Waals surface area contributed by atoms with Gasteiger partial charge in [-0.2, -0.15) is 0 Å². The van der Waals surface area contributed by atoms with Gasteiger partial charge in [0, 0.05) is 43.4 Å². The number of pyridine rings is 1. The van der Waals surface area contributed by atoms with E-state index in [4.69, 9.17) is 0 Å². The second-order valence-corrected chi connectivity index (χ2v) is 7.09. The van der Waals surface area contributed by atoms with Crippen molar-refractivity contribution in [3.8, 4) is 0 Å². The average Bonchev–Trinajstić information content (AvgIpc) is 3.12. The molecule has 140 valence electrons. The fraction of sp³-hybridized carbons (Fsp3) is 0.400. The van der Waals surface area contributed by atoms with E-state index in [-0.39, 0.29) is 30.6 Å². The highest BCUT2D eigenvalue weighted by Gasteiger charge is 2.46. The van der Waals surface area contributed by atoms with Gasteiger partial charge in [0.25, 0.3) is 0 Å². The number of carbonyl (C=O) groups excluding carboxylic acids is 1. The van der Waals surface area contributed by atoms with Gasteiger partial charge in [0.05, 0.1) is 0 Å². The molecule has 0 amide bonds. The lowest BCUT2D eigenvalue weighted by Crippen LogP contribution is -2.29. The van der Waals surface area contributed by atoms with Crippen molar-refractivity contribution >= 4 is 36.4 Å². The SMILES string of the molecule is CC(=O)c1ccc(N2C[C@@H]3CN(C)[C@@H](c4ccccc4)[C@@H]3C2)nc1.Cl.Cl. The molecular formula is C20H25Cl2N3O. The molecule has 0 aliphatic carbocycles. The molecule has 0 saturated carbocycles. The van der Waals surface area contributed by atoms with Crippen molar-refractivity contribution in [1.82, 2.24) is 9.88 Å². The lowest BCUT2D eigenvalue weighted by molar-refractivity contribution is 0.101. The monoisotopic (exact) mass is 393 g/mol. The first kappa shape index (κ1) is 20.7. The second-order valence-electron chi connectivity index (χ2n) is 7.09. The molecule has 0 N–H and O–H groups in total. The third kappa shape index (κ3) is 3.73. The Morgan fingerprint density at radius 1 is 1.04 bits per heavy atom. The van der Waals surface area contributed by atoms with E-state index < -0.39 is 0 Å². The number of nitrogens with zero attached hydrogens (tertiary/aromatic N) is 3. The molecule has 1 aromatic carbocycles.